The molecular weight excluding hydrogens is 158 g/mol. The Kier molecular flexibility index (Phi) is 2.29. The van der Waals surface area contributed by atoms with E-state index in [1.807, 2.05) is 12.3 Å². The first-order valence-corrected chi connectivity index (χ1v) is 4.41. The third-order valence-electron chi connectivity index (χ3n) is 1.61. The van der Waals surface area contributed by atoms with Crippen molar-refractivity contribution < 1.29 is 4.79 Å². The summed E-state index contributed by atoms with van der Waals surface area (Å²) in [5.74, 6) is 0.0622. The molecular formula is C8H11NOS. The fourth-order valence-corrected chi connectivity index (χ4v) is 1.93. The summed E-state index contributed by atoms with van der Waals surface area (Å²) in [7, 11) is 0. The number of aryl methyl sites for hydroxylation is 1. The lowest BCUT2D eigenvalue weighted by atomic mass is 10.2. The molecule has 0 amide bonds. The largest absolute Gasteiger partial charge is 0.397 e. The van der Waals surface area contributed by atoms with Gasteiger partial charge in [0.15, 0.2) is 5.78 Å². The number of hydrogen-bond donors (Lipinski definition) is 1. The minimum Gasteiger partial charge on any atom is -0.397 e. The molecule has 1 aromatic heterocycles. The number of nitrogen functional groups attached to an aromatic ring is 1. The molecule has 0 radical (unpaired) electrons. The van der Waals surface area contributed by atoms with Crippen LogP contribution in [0.1, 0.15) is 29.1 Å². The highest BCUT2D eigenvalue weighted by atomic mass is 32.1. The Morgan fingerprint density at radius 3 is 2.64 bits per heavy atom. The second kappa shape index (κ2) is 3.05. The van der Waals surface area contributed by atoms with Crippen LogP contribution in [0.15, 0.2) is 5.38 Å². The minimum atomic E-state index is 0.0622. The third kappa shape index (κ3) is 1.43. The first-order chi connectivity index (χ1) is 5.16. The van der Waals surface area contributed by atoms with Gasteiger partial charge >= 0.3 is 0 Å². The molecule has 0 fully saturated rings. The molecule has 60 valence electrons. The monoisotopic (exact) mass is 169 g/mol. The number of hydrogen-bond acceptors (Lipinski definition) is 3. The maximum absolute atomic E-state index is 10.9. The zero-order chi connectivity index (χ0) is 8.43. The molecule has 0 spiro atoms. The van der Waals surface area contributed by atoms with Gasteiger partial charge in [-0.15, -0.1) is 11.3 Å². The Balaban J connectivity index is 3.10. The highest BCUT2D eigenvalue weighted by Crippen LogP contribution is 2.25. The Labute approximate surface area is 70.0 Å². The van der Waals surface area contributed by atoms with Crippen molar-refractivity contribution in [1.29, 1.82) is 0 Å². The molecule has 1 rings (SSSR count). The molecule has 0 unspecified atom stereocenters. The van der Waals surface area contributed by atoms with Gasteiger partial charge < -0.3 is 5.73 Å². The van der Waals surface area contributed by atoms with Gasteiger partial charge in [0.25, 0.3) is 0 Å². The summed E-state index contributed by atoms with van der Waals surface area (Å²) in [6.45, 7) is 3.57. The van der Waals surface area contributed by atoms with Crippen LogP contribution >= 0.6 is 11.3 Å². The van der Waals surface area contributed by atoms with Crippen LogP contribution in [-0.2, 0) is 6.42 Å². The summed E-state index contributed by atoms with van der Waals surface area (Å²) < 4.78 is 0. The normalized spacial score (nSPS) is 10.0. The highest BCUT2D eigenvalue weighted by molar-refractivity contribution is 7.12. The van der Waals surface area contributed by atoms with Crippen LogP contribution in [0.3, 0.4) is 0 Å². The molecule has 1 heterocycles. The van der Waals surface area contributed by atoms with E-state index in [1.165, 1.54) is 11.3 Å². The Hall–Kier alpha value is -0.830. The Morgan fingerprint density at radius 1 is 1.73 bits per heavy atom. The summed E-state index contributed by atoms with van der Waals surface area (Å²) in [6, 6.07) is 0. The molecule has 0 saturated heterocycles. The first-order valence-electron chi connectivity index (χ1n) is 3.53. The van der Waals surface area contributed by atoms with Gasteiger partial charge in [0.2, 0.25) is 0 Å². The minimum absolute atomic E-state index is 0.0622. The van der Waals surface area contributed by atoms with Crippen molar-refractivity contribution >= 4 is 22.8 Å². The van der Waals surface area contributed by atoms with E-state index in [4.69, 9.17) is 5.73 Å². The van der Waals surface area contributed by atoms with Gasteiger partial charge in [-0.05, 0) is 17.4 Å². The predicted molar refractivity (Wildman–Crippen MR) is 48.1 cm³/mol. The van der Waals surface area contributed by atoms with Gasteiger partial charge in [0, 0.05) is 6.92 Å². The second-order valence-electron chi connectivity index (χ2n) is 2.41. The lowest BCUT2D eigenvalue weighted by molar-refractivity contribution is 0.102. The number of carbonyl (C=O) groups excluding carboxylic acids is 1. The number of rotatable bonds is 2. The summed E-state index contributed by atoms with van der Waals surface area (Å²) in [5.41, 5.74) is 7.46. The van der Waals surface area contributed by atoms with Crippen LogP contribution in [0.4, 0.5) is 5.69 Å². The number of Topliss-reactive ketones (excluding diaryl/α,β-unsaturated/α-hetero) is 1. The second-order valence-corrected chi connectivity index (χ2v) is 3.29. The fourth-order valence-electron chi connectivity index (χ4n) is 0.949. The number of carbonyl (C=O) groups is 1. The molecule has 0 aliphatic rings. The molecule has 0 bridgehead atoms. The van der Waals surface area contributed by atoms with Crippen molar-refractivity contribution in [3.63, 3.8) is 0 Å². The molecule has 1 aromatic rings. The molecule has 0 aliphatic heterocycles. The maximum Gasteiger partial charge on any atom is 0.171 e. The highest BCUT2D eigenvalue weighted by Gasteiger charge is 2.09. The summed E-state index contributed by atoms with van der Waals surface area (Å²) in [5, 5.41) is 1.95. The maximum atomic E-state index is 10.9. The van der Waals surface area contributed by atoms with Gasteiger partial charge in [-0.1, -0.05) is 6.92 Å². The number of nitrogens with two attached hydrogens (primary N) is 1. The summed E-state index contributed by atoms with van der Waals surface area (Å²) in [4.78, 5) is 11.6. The summed E-state index contributed by atoms with van der Waals surface area (Å²) >= 11 is 1.43. The SMILES string of the molecule is CCc1csc(C(C)=O)c1N. The number of ketones is 1. The van der Waals surface area contributed by atoms with E-state index in [1.54, 1.807) is 6.92 Å². The van der Waals surface area contributed by atoms with E-state index >= 15 is 0 Å². The average Bonchev–Trinajstić information content (AvgIpc) is 2.30. The van der Waals surface area contributed by atoms with Gasteiger partial charge in [-0.3, -0.25) is 4.79 Å². The van der Waals surface area contributed by atoms with Crippen LogP contribution in [0.25, 0.3) is 0 Å². The quantitative estimate of drug-likeness (QED) is 0.689. The lowest BCUT2D eigenvalue weighted by Crippen LogP contribution is -1.96. The lowest BCUT2D eigenvalue weighted by Gasteiger charge is -1.94. The van der Waals surface area contributed by atoms with Crippen molar-refractivity contribution in [1.82, 2.24) is 0 Å². The zero-order valence-corrected chi connectivity index (χ0v) is 7.49. The summed E-state index contributed by atoms with van der Waals surface area (Å²) in [6.07, 6.45) is 0.898. The molecule has 3 heteroatoms. The van der Waals surface area contributed by atoms with Gasteiger partial charge in [-0.2, -0.15) is 0 Å². The predicted octanol–water partition coefficient (Wildman–Crippen LogP) is 2.10. The standard InChI is InChI=1S/C8H11NOS/c1-3-6-4-11-8(5(2)10)7(6)9/h4H,3,9H2,1-2H3. The van der Waals surface area contributed by atoms with Crippen LogP contribution in [-0.4, -0.2) is 5.78 Å². The van der Waals surface area contributed by atoms with Gasteiger partial charge in [-0.25, -0.2) is 0 Å². The van der Waals surface area contributed by atoms with Crippen LogP contribution < -0.4 is 5.73 Å². The first kappa shape index (κ1) is 8.27. The van der Waals surface area contributed by atoms with Crippen LogP contribution in [0, 0.1) is 0 Å². The molecule has 0 aromatic carbocycles. The molecule has 2 N–H and O–H groups in total. The number of anilines is 1. The van der Waals surface area contributed by atoms with Crippen LogP contribution in [0.2, 0.25) is 0 Å². The van der Waals surface area contributed by atoms with E-state index in [0.29, 0.717) is 10.6 Å². The van der Waals surface area contributed by atoms with Crippen molar-refractivity contribution in [3.8, 4) is 0 Å². The van der Waals surface area contributed by atoms with Gasteiger partial charge in [0.05, 0.1) is 10.6 Å². The third-order valence-corrected chi connectivity index (χ3v) is 2.76. The smallest absolute Gasteiger partial charge is 0.171 e. The van der Waals surface area contributed by atoms with Gasteiger partial charge in [0.1, 0.15) is 0 Å². The van der Waals surface area contributed by atoms with Crippen molar-refractivity contribution in [2.45, 2.75) is 20.3 Å². The number of thiophene rings is 1. The molecule has 0 aliphatic carbocycles. The molecule has 0 atom stereocenters. The topological polar surface area (TPSA) is 43.1 Å². The fraction of sp³-hybridized carbons (Fsp3) is 0.375. The van der Waals surface area contributed by atoms with E-state index < -0.39 is 0 Å². The molecule has 11 heavy (non-hydrogen) atoms. The van der Waals surface area contributed by atoms with E-state index in [9.17, 15) is 4.79 Å². The molecule has 0 saturated carbocycles. The molecule has 2 nitrogen and oxygen atoms in total. The Bertz CT molecular complexity index is 278. The van der Waals surface area contributed by atoms with Crippen LogP contribution in [0.5, 0.6) is 0 Å². The van der Waals surface area contributed by atoms with E-state index in [2.05, 4.69) is 0 Å². The van der Waals surface area contributed by atoms with E-state index in [-0.39, 0.29) is 5.78 Å². The average molecular weight is 169 g/mol. The Morgan fingerprint density at radius 2 is 2.36 bits per heavy atom. The zero-order valence-electron chi connectivity index (χ0n) is 6.68. The van der Waals surface area contributed by atoms with Crippen molar-refractivity contribution in [3.05, 3.63) is 15.8 Å². The van der Waals surface area contributed by atoms with E-state index in [0.717, 1.165) is 12.0 Å². The van der Waals surface area contributed by atoms with Crippen molar-refractivity contribution in [2.75, 3.05) is 5.73 Å². The van der Waals surface area contributed by atoms with Crippen molar-refractivity contribution in [2.24, 2.45) is 0 Å².